The van der Waals surface area contributed by atoms with E-state index in [0.29, 0.717) is 12.1 Å². The summed E-state index contributed by atoms with van der Waals surface area (Å²) in [6.45, 7) is 2.35. The van der Waals surface area contributed by atoms with Crippen LogP contribution in [0.4, 0.5) is 0 Å². The molecule has 166 valence electrons. The molecule has 2 amide bonds. The van der Waals surface area contributed by atoms with Crippen molar-refractivity contribution in [2.45, 2.75) is 19.5 Å². The quantitative estimate of drug-likeness (QED) is 0.469. The van der Waals surface area contributed by atoms with E-state index in [-0.39, 0.29) is 24.4 Å². The van der Waals surface area contributed by atoms with Crippen LogP contribution in [0.2, 0.25) is 0 Å². The average Bonchev–Trinajstić information content (AvgIpc) is 3.31. The first-order chi connectivity index (χ1) is 16.1. The summed E-state index contributed by atoms with van der Waals surface area (Å²) >= 11 is 0. The normalized spacial score (nSPS) is 15.0. The lowest BCUT2D eigenvalue weighted by atomic mass is 9.95. The van der Waals surface area contributed by atoms with Crippen molar-refractivity contribution in [3.63, 3.8) is 0 Å². The number of nitrogens with one attached hydrogen (secondary N) is 2. The lowest BCUT2D eigenvalue weighted by molar-refractivity contribution is -0.122. The smallest absolute Gasteiger partial charge is 0.255 e. The minimum Gasteiger partial charge on any atom is -0.497 e. The molecule has 4 aromatic rings. The summed E-state index contributed by atoms with van der Waals surface area (Å²) in [4.78, 5) is 31.4. The van der Waals surface area contributed by atoms with Crippen LogP contribution in [0.1, 0.15) is 38.8 Å². The number of aromatic nitrogens is 1. The summed E-state index contributed by atoms with van der Waals surface area (Å²) in [6, 6.07) is 22.9. The standard InChI is InChI=1S/C27H25N3O3/c1-17-25(22-12-5-6-13-23(22)29-17)26-20-10-3-4-11-21(20)27(32)30(26)16-24(31)28-15-18-8-7-9-19(14-18)33-2/h3-14,26,29H,15-16H2,1-2H3,(H,28,31)/t26-/m0/s1. The molecule has 1 aliphatic rings. The Bertz CT molecular complexity index is 1360. The van der Waals surface area contributed by atoms with Gasteiger partial charge in [0.25, 0.3) is 5.91 Å². The highest BCUT2D eigenvalue weighted by Crippen LogP contribution is 2.42. The van der Waals surface area contributed by atoms with Gasteiger partial charge in [-0.05, 0) is 42.3 Å². The van der Waals surface area contributed by atoms with Gasteiger partial charge in [-0.2, -0.15) is 0 Å². The van der Waals surface area contributed by atoms with Gasteiger partial charge in [0.1, 0.15) is 12.3 Å². The molecule has 0 unspecified atom stereocenters. The lowest BCUT2D eigenvalue weighted by Gasteiger charge is -2.25. The van der Waals surface area contributed by atoms with Gasteiger partial charge in [0.15, 0.2) is 0 Å². The lowest BCUT2D eigenvalue weighted by Crippen LogP contribution is -2.39. The van der Waals surface area contributed by atoms with Gasteiger partial charge in [-0.1, -0.05) is 48.5 Å². The van der Waals surface area contributed by atoms with E-state index < -0.39 is 0 Å². The Hall–Kier alpha value is -4.06. The Morgan fingerprint density at radius 2 is 1.85 bits per heavy atom. The first-order valence-electron chi connectivity index (χ1n) is 10.9. The number of nitrogens with zero attached hydrogens (tertiary/aromatic N) is 1. The van der Waals surface area contributed by atoms with Crippen molar-refractivity contribution in [2.75, 3.05) is 13.7 Å². The van der Waals surface area contributed by atoms with E-state index in [2.05, 4.69) is 16.4 Å². The summed E-state index contributed by atoms with van der Waals surface area (Å²) in [6.07, 6.45) is 0. The highest BCUT2D eigenvalue weighted by molar-refractivity contribution is 6.02. The first kappa shape index (κ1) is 20.8. The summed E-state index contributed by atoms with van der Waals surface area (Å²) in [5, 5.41) is 4.01. The Kier molecular flexibility index (Phi) is 5.34. The molecule has 0 saturated carbocycles. The monoisotopic (exact) mass is 439 g/mol. The van der Waals surface area contributed by atoms with Crippen LogP contribution in [-0.2, 0) is 11.3 Å². The van der Waals surface area contributed by atoms with E-state index in [4.69, 9.17) is 4.74 Å². The Morgan fingerprint density at radius 1 is 1.06 bits per heavy atom. The van der Waals surface area contributed by atoms with Crippen LogP contribution in [0, 0.1) is 6.92 Å². The number of rotatable bonds is 6. The summed E-state index contributed by atoms with van der Waals surface area (Å²) in [7, 11) is 1.61. The fourth-order valence-electron chi connectivity index (χ4n) is 4.69. The highest BCUT2D eigenvalue weighted by Gasteiger charge is 2.40. The predicted octanol–water partition coefficient (Wildman–Crippen LogP) is 4.35. The van der Waals surface area contributed by atoms with E-state index in [0.717, 1.165) is 39.0 Å². The van der Waals surface area contributed by atoms with Gasteiger partial charge in [0.05, 0.1) is 13.2 Å². The molecule has 0 radical (unpaired) electrons. The van der Waals surface area contributed by atoms with Crippen LogP contribution in [0.15, 0.2) is 72.8 Å². The average molecular weight is 440 g/mol. The largest absolute Gasteiger partial charge is 0.497 e. The molecule has 2 N–H and O–H groups in total. The number of aryl methyl sites for hydroxylation is 1. The van der Waals surface area contributed by atoms with E-state index in [1.54, 1.807) is 12.0 Å². The Labute approximate surface area is 192 Å². The topological polar surface area (TPSA) is 74.4 Å². The van der Waals surface area contributed by atoms with Crippen molar-refractivity contribution in [2.24, 2.45) is 0 Å². The molecule has 0 spiro atoms. The molecule has 2 heterocycles. The zero-order valence-corrected chi connectivity index (χ0v) is 18.6. The highest BCUT2D eigenvalue weighted by atomic mass is 16.5. The van der Waals surface area contributed by atoms with Gasteiger partial charge in [-0.25, -0.2) is 0 Å². The second-order valence-electron chi connectivity index (χ2n) is 8.26. The SMILES string of the molecule is COc1cccc(CNC(=O)CN2C(=O)c3ccccc3[C@H]2c2c(C)[nH]c3ccccc23)c1. The third-order valence-corrected chi connectivity index (χ3v) is 6.21. The molecule has 1 aliphatic heterocycles. The number of hydrogen-bond acceptors (Lipinski definition) is 3. The first-order valence-corrected chi connectivity index (χ1v) is 10.9. The van der Waals surface area contributed by atoms with Gasteiger partial charge >= 0.3 is 0 Å². The maximum atomic E-state index is 13.4. The number of carbonyl (C=O) groups excluding carboxylic acids is 2. The molecule has 0 fully saturated rings. The van der Waals surface area contributed by atoms with Crippen LogP contribution < -0.4 is 10.1 Å². The Morgan fingerprint density at radius 3 is 2.70 bits per heavy atom. The number of carbonyl (C=O) groups is 2. The van der Waals surface area contributed by atoms with Crippen molar-refractivity contribution in [1.29, 1.82) is 0 Å². The molecule has 6 nitrogen and oxygen atoms in total. The molecule has 0 aliphatic carbocycles. The number of hydrogen-bond donors (Lipinski definition) is 2. The second-order valence-corrected chi connectivity index (χ2v) is 8.26. The van der Waals surface area contributed by atoms with Crippen LogP contribution >= 0.6 is 0 Å². The minimum atomic E-state index is -0.326. The number of para-hydroxylation sites is 1. The number of H-pyrrole nitrogens is 1. The van der Waals surface area contributed by atoms with Crippen molar-refractivity contribution >= 4 is 22.7 Å². The molecule has 3 aromatic carbocycles. The summed E-state index contributed by atoms with van der Waals surface area (Å²) in [5.41, 5.74) is 5.55. The zero-order valence-electron chi connectivity index (χ0n) is 18.6. The molecule has 6 heteroatoms. The third kappa shape index (κ3) is 3.74. The third-order valence-electron chi connectivity index (χ3n) is 6.21. The fraction of sp³-hybridized carbons (Fsp3) is 0.185. The van der Waals surface area contributed by atoms with Gasteiger partial charge in [-0.3, -0.25) is 9.59 Å². The molecule has 1 atom stereocenters. The maximum absolute atomic E-state index is 13.4. The van der Waals surface area contributed by atoms with Gasteiger partial charge in [0.2, 0.25) is 5.91 Å². The zero-order chi connectivity index (χ0) is 22.9. The second kappa shape index (κ2) is 8.47. The number of benzene rings is 3. The van der Waals surface area contributed by atoms with Crippen LogP contribution in [0.5, 0.6) is 5.75 Å². The van der Waals surface area contributed by atoms with E-state index >= 15 is 0 Å². The van der Waals surface area contributed by atoms with E-state index in [9.17, 15) is 9.59 Å². The number of fused-ring (bicyclic) bond motifs is 2. The van der Waals surface area contributed by atoms with Crippen LogP contribution in [0.3, 0.4) is 0 Å². The number of amides is 2. The van der Waals surface area contributed by atoms with Gasteiger partial charge in [0, 0.05) is 34.3 Å². The van der Waals surface area contributed by atoms with Crippen molar-refractivity contribution in [1.82, 2.24) is 15.2 Å². The molecular formula is C27H25N3O3. The number of aromatic amines is 1. The van der Waals surface area contributed by atoms with Crippen LogP contribution in [-0.4, -0.2) is 35.4 Å². The molecule has 1 aromatic heterocycles. The summed E-state index contributed by atoms with van der Waals surface area (Å²) in [5.74, 6) is 0.403. The number of methoxy groups -OCH3 is 1. The Balaban J connectivity index is 1.45. The van der Waals surface area contributed by atoms with Crippen LogP contribution in [0.25, 0.3) is 10.9 Å². The van der Waals surface area contributed by atoms with Crippen molar-refractivity contribution < 1.29 is 14.3 Å². The minimum absolute atomic E-state index is 0.0267. The molecule has 0 saturated heterocycles. The molecule has 5 rings (SSSR count). The fourth-order valence-corrected chi connectivity index (χ4v) is 4.69. The van der Waals surface area contributed by atoms with E-state index in [1.165, 1.54) is 0 Å². The predicted molar refractivity (Wildman–Crippen MR) is 127 cm³/mol. The van der Waals surface area contributed by atoms with E-state index in [1.807, 2.05) is 73.7 Å². The number of ether oxygens (including phenoxy) is 1. The van der Waals surface area contributed by atoms with Crippen molar-refractivity contribution in [3.8, 4) is 5.75 Å². The molecule has 33 heavy (non-hydrogen) atoms. The van der Waals surface area contributed by atoms with Gasteiger partial charge in [-0.15, -0.1) is 0 Å². The maximum Gasteiger partial charge on any atom is 0.255 e. The van der Waals surface area contributed by atoms with Crippen molar-refractivity contribution in [3.05, 3.63) is 101 Å². The molecule has 0 bridgehead atoms. The van der Waals surface area contributed by atoms with Gasteiger partial charge < -0.3 is 19.9 Å². The summed E-state index contributed by atoms with van der Waals surface area (Å²) < 4.78 is 5.25. The molecular weight excluding hydrogens is 414 g/mol.